The number of carbonyl (C=O) groups is 1. The van der Waals surface area contributed by atoms with Crippen LogP contribution in [0.5, 0.6) is 0 Å². The van der Waals surface area contributed by atoms with Gasteiger partial charge in [0.2, 0.25) is 0 Å². The van der Waals surface area contributed by atoms with E-state index in [9.17, 15) is 22.4 Å². The number of aliphatic imine (C=N–C) groups is 1. The molecule has 6 heteroatoms. The van der Waals surface area contributed by atoms with Gasteiger partial charge in [-0.25, -0.2) is 9.38 Å². The number of dihydropyridines is 1. The molecule has 2 aliphatic rings. The molecule has 0 aromatic rings. The maximum absolute atomic E-state index is 12.9. The zero-order valence-corrected chi connectivity index (χ0v) is 7.75. The van der Waals surface area contributed by atoms with Crippen LogP contribution in [0.3, 0.4) is 0 Å². The number of hydrogen-bond donors (Lipinski definition) is 0. The summed E-state index contributed by atoms with van der Waals surface area (Å²) in [5, 5.41) is 0. The maximum Gasteiger partial charge on any atom is 0.417 e. The van der Waals surface area contributed by atoms with Gasteiger partial charge in [-0.05, 0) is 18.2 Å². The standard InChI is InChI=1S/C10H5F4NO/c11-5-1-2-8-6(3-5)7(10(12,13)14)4-9(16)15-8/h1-5H. The first kappa shape index (κ1) is 10.8. The van der Waals surface area contributed by atoms with Crippen molar-refractivity contribution in [1.29, 1.82) is 0 Å². The normalized spacial score (nSPS) is 24.6. The van der Waals surface area contributed by atoms with Gasteiger partial charge in [0.25, 0.3) is 5.91 Å². The summed E-state index contributed by atoms with van der Waals surface area (Å²) in [6.07, 6.45) is -2.99. The number of halogens is 4. The summed E-state index contributed by atoms with van der Waals surface area (Å²) in [4.78, 5) is 14.3. The second kappa shape index (κ2) is 3.40. The number of fused-ring (bicyclic) bond motifs is 1. The fourth-order valence-corrected chi connectivity index (χ4v) is 1.49. The predicted octanol–water partition coefficient (Wildman–Crippen LogP) is 2.29. The van der Waals surface area contributed by atoms with E-state index in [1.165, 1.54) is 0 Å². The number of carbonyl (C=O) groups excluding carboxylic acids is 1. The Morgan fingerprint density at radius 1 is 1.31 bits per heavy atom. The average Bonchev–Trinajstić information content (AvgIpc) is 2.16. The average molecular weight is 231 g/mol. The van der Waals surface area contributed by atoms with Crippen molar-refractivity contribution in [2.45, 2.75) is 12.3 Å². The summed E-state index contributed by atoms with van der Waals surface area (Å²) in [7, 11) is 0. The molecule has 0 spiro atoms. The predicted molar refractivity (Wildman–Crippen MR) is 48.7 cm³/mol. The lowest BCUT2D eigenvalue weighted by Crippen LogP contribution is -2.25. The van der Waals surface area contributed by atoms with Crippen molar-refractivity contribution in [3.05, 3.63) is 35.5 Å². The van der Waals surface area contributed by atoms with Crippen molar-refractivity contribution in [2.75, 3.05) is 0 Å². The smallest absolute Gasteiger partial charge is 0.267 e. The van der Waals surface area contributed by atoms with Gasteiger partial charge in [-0.2, -0.15) is 13.2 Å². The van der Waals surface area contributed by atoms with Gasteiger partial charge in [-0.15, -0.1) is 0 Å². The van der Waals surface area contributed by atoms with Crippen LogP contribution < -0.4 is 0 Å². The van der Waals surface area contributed by atoms with Gasteiger partial charge in [0.1, 0.15) is 6.17 Å². The Bertz CT molecular complexity index is 468. The summed E-state index contributed by atoms with van der Waals surface area (Å²) >= 11 is 0. The maximum atomic E-state index is 12.9. The fraction of sp³-hybridized carbons (Fsp3) is 0.200. The van der Waals surface area contributed by atoms with Crippen molar-refractivity contribution in [3.63, 3.8) is 0 Å². The van der Waals surface area contributed by atoms with Gasteiger partial charge in [0.15, 0.2) is 0 Å². The van der Waals surface area contributed by atoms with E-state index in [1.807, 2.05) is 0 Å². The number of allylic oxidation sites excluding steroid dienone is 5. The third kappa shape index (κ3) is 1.82. The van der Waals surface area contributed by atoms with Crippen LogP contribution >= 0.6 is 0 Å². The van der Waals surface area contributed by atoms with E-state index >= 15 is 0 Å². The van der Waals surface area contributed by atoms with Crippen LogP contribution in [-0.4, -0.2) is 24.0 Å². The third-order valence-corrected chi connectivity index (χ3v) is 2.13. The Labute approximate surface area is 87.7 Å². The molecule has 0 aromatic heterocycles. The van der Waals surface area contributed by atoms with E-state index < -0.39 is 23.8 Å². The monoisotopic (exact) mass is 231 g/mol. The molecular weight excluding hydrogens is 226 g/mol. The Morgan fingerprint density at radius 2 is 2.00 bits per heavy atom. The molecule has 1 aliphatic heterocycles. The van der Waals surface area contributed by atoms with E-state index in [-0.39, 0.29) is 11.3 Å². The molecule has 0 bridgehead atoms. The molecule has 1 atom stereocenters. The highest BCUT2D eigenvalue weighted by Gasteiger charge is 2.40. The van der Waals surface area contributed by atoms with Crippen LogP contribution in [0.25, 0.3) is 0 Å². The number of alkyl halides is 4. The number of rotatable bonds is 0. The fourth-order valence-electron chi connectivity index (χ4n) is 1.49. The molecule has 1 heterocycles. The van der Waals surface area contributed by atoms with Crippen molar-refractivity contribution in [2.24, 2.45) is 4.99 Å². The molecule has 84 valence electrons. The van der Waals surface area contributed by atoms with Crippen LogP contribution in [0, 0.1) is 0 Å². The Kier molecular flexibility index (Phi) is 2.29. The molecule has 1 unspecified atom stereocenters. The highest BCUT2D eigenvalue weighted by Crippen LogP contribution is 2.35. The Morgan fingerprint density at radius 3 is 2.62 bits per heavy atom. The molecule has 0 radical (unpaired) electrons. The van der Waals surface area contributed by atoms with Crippen LogP contribution in [0.1, 0.15) is 0 Å². The minimum atomic E-state index is -4.69. The molecule has 0 saturated heterocycles. The quantitative estimate of drug-likeness (QED) is 0.588. The summed E-state index contributed by atoms with van der Waals surface area (Å²) in [5.74, 6) is -0.985. The summed E-state index contributed by atoms with van der Waals surface area (Å²) in [5.41, 5.74) is -1.66. The van der Waals surface area contributed by atoms with Crippen LogP contribution in [0.2, 0.25) is 0 Å². The van der Waals surface area contributed by atoms with E-state index in [0.29, 0.717) is 6.08 Å². The minimum absolute atomic E-state index is 0.145. The van der Waals surface area contributed by atoms with Crippen LogP contribution in [0.15, 0.2) is 40.4 Å². The molecule has 1 amide bonds. The lowest BCUT2D eigenvalue weighted by molar-refractivity contribution is -0.115. The van der Waals surface area contributed by atoms with E-state index in [4.69, 9.17) is 0 Å². The first-order chi connectivity index (χ1) is 7.38. The van der Waals surface area contributed by atoms with E-state index in [0.717, 1.165) is 18.2 Å². The molecule has 1 aliphatic carbocycles. The largest absolute Gasteiger partial charge is 0.417 e. The number of hydrogen-bond acceptors (Lipinski definition) is 1. The van der Waals surface area contributed by atoms with E-state index in [1.54, 1.807) is 0 Å². The first-order valence-electron chi connectivity index (χ1n) is 4.34. The van der Waals surface area contributed by atoms with Gasteiger partial charge in [-0.1, -0.05) is 0 Å². The zero-order chi connectivity index (χ0) is 11.9. The zero-order valence-electron chi connectivity index (χ0n) is 7.75. The molecule has 0 saturated carbocycles. The molecule has 0 aromatic carbocycles. The van der Waals surface area contributed by atoms with E-state index in [2.05, 4.69) is 4.99 Å². The second-order valence-electron chi connectivity index (χ2n) is 3.27. The molecule has 16 heavy (non-hydrogen) atoms. The molecule has 0 N–H and O–H groups in total. The van der Waals surface area contributed by atoms with Gasteiger partial charge < -0.3 is 0 Å². The summed E-state index contributed by atoms with van der Waals surface area (Å²) in [6, 6.07) is 0. The lowest BCUT2D eigenvalue weighted by Gasteiger charge is -2.20. The summed E-state index contributed by atoms with van der Waals surface area (Å²) in [6.45, 7) is 0. The topological polar surface area (TPSA) is 29.4 Å². The Balaban J connectivity index is 2.51. The van der Waals surface area contributed by atoms with Crippen molar-refractivity contribution < 1.29 is 22.4 Å². The van der Waals surface area contributed by atoms with Gasteiger partial charge in [-0.3, -0.25) is 4.79 Å². The number of amides is 1. The van der Waals surface area contributed by atoms with Crippen molar-refractivity contribution >= 4 is 11.6 Å². The van der Waals surface area contributed by atoms with Gasteiger partial charge >= 0.3 is 6.18 Å². The van der Waals surface area contributed by atoms with Crippen molar-refractivity contribution in [3.8, 4) is 0 Å². The summed E-state index contributed by atoms with van der Waals surface area (Å²) < 4.78 is 50.6. The van der Waals surface area contributed by atoms with Crippen molar-refractivity contribution in [1.82, 2.24) is 0 Å². The highest BCUT2D eigenvalue weighted by atomic mass is 19.4. The minimum Gasteiger partial charge on any atom is -0.267 e. The van der Waals surface area contributed by atoms with Crippen LogP contribution in [0.4, 0.5) is 17.6 Å². The lowest BCUT2D eigenvalue weighted by atomic mass is 9.92. The SMILES string of the molecule is O=C1C=C(C(F)(F)F)C2=CC(F)C=CC2=N1. The molecule has 0 fully saturated rings. The third-order valence-electron chi connectivity index (χ3n) is 2.13. The molecule has 2 nitrogen and oxygen atoms in total. The second-order valence-corrected chi connectivity index (χ2v) is 3.27. The number of nitrogens with zero attached hydrogens (tertiary/aromatic N) is 1. The Hall–Kier alpha value is -1.72. The highest BCUT2D eigenvalue weighted by molar-refractivity contribution is 6.20. The first-order valence-corrected chi connectivity index (χ1v) is 4.34. The molecule has 2 rings (SSSR count). The van der Waals surface area contributed by atoms with Gasteiger partial charge in [0.05, 0.1) is 11.3 Å². The molecular formula is C10H5F4NO. The van der Waals surface area contributed by atoms with Gasteiger partial charge in [0, 0.05) is 11.6 Å². The van der Waals surface area contributed by atoms with Crippen LogP contribution in [-0.2, 0) is 4.79 Å².